The van der Waals surface area contributed by atoms with Crippen LogP contribution >= 0.6 is 0 Å². The van der Waals surface area contributed by atoms with Gasteiger partial charge < -0.3 is 20.8 Å². The number of hydrogen-bond donors (Lipinski definition) is 4. The van der Waals surface area contributed by atoms with Crippen molar-refractivity contribution in [1.82, 2.24) is 10.6 Å². The van der Waals surface area contributed by atoms with E-state index in [1.54, 1.807) is 0 Å². The average Bonchev–Trinajstić information content (AvgIpc) is 2.47. The summed E-state index contributed by atoms with van der Waals surface area (Å²) in [6.07, 6.45) is 4.56. The van der Waals surface area contributed by atoms with Gasteiger partial charge in [0.15, 0.2) is 0 Å². The van der Waals surface area contributed by atoms with Crippen LogP contribution in [0.2, 0.25) is 0 Å². The molecular weight excluding hydrogens is 1280 g/mol. The topological polar surface area (TPSA) is 98.7 Å². The van der Waals surface area contributed by atoms with Gasteiger partial charge in [-0.25, -0.2) is 0 Å². The van der Waals surface area contributed by atoms with E-state index in [0.717, 1.165) is 6.42 Å². The van der Waals surface area contributed by atoms with Gasteiger partial charge in [0.25, 0.3) is 0 Å². The van der Waals surface area contributed by atoms with Crippen molar-refractivity contribution < 1.29 is 144 Å². The zero-order chi connectivity index (χ0) is 20.0. The van der Waals surface area contributed by atoms with Crippen LogP contribution in [-0.4, -0.2) is 46.3 Å². The number of amides is 2. The number of aliphatic hydroxyl groups is 2. The molecule has 2 aliphatic rings. The quantitative estimate of drug-likeness (QED) is 0.317. The zero-order valence-electron chi connectivity index (χ0n) is 18.7. The van der Waals surface area contributed by atoms with Crippen LogP contribution in [0.3, 0.4) is 0 Å². The molecule has 2 amide bonds. The van der Waals surface area contributed by atoms with Crippen molar-refractivity contribution in [3.05, 3.63) is 23.3 Å². The van der Waals surface area contributed by atoms with Gasteiger partial charge in [-0.1, -0.05) is 37.1 Å². The maximum atomic E-state index is 10.8. The molecule has 30 heavy (non-hydrogen) atoms. The predicted molar refractivity (Wildman–Crippen MR) is 102 cm³/mol. The summed E-state index contributed by atoms with van der Waals surface area (Å²) < 4.78 is 0. The number of hydrogen-bond acceptors (Lipinski definition) is 4. The van der Waals surface area contributed by atoms with E-state index in [9.17, 15) is 19.8 Å². The Hall–Kier alpha value is 2.55. The van der Waals surface area contributed by atoms with Crippen molar-refractivity contribution in [3.8, 4) is 0 Å². The van der Waals surface area contributed by atoms with E-state index in [0.29, 0.717) is 12.3 Å². The molecule has 0 heterocycles. The number of aliphatic hydroxyl groups excluding tert-OH is 2. The summed E-state index contributed by atoms with van der Waals surface area (Å²) in [5, 5.41) is 24.9. The van der Waals surface area contributed by atoms with Gasteiger partial charge >= 0.3 is 0 Å². The molecule has 0 aromatic carbocycles. The number of carbonyl (C=O) groups is 2. The number of nitrogens with one attached hydrogen (secondary N) is 2. The molecule has 0 aromatic rings. The van der Waals surface area contributed by atoms with E-state index in [-0.39, 0.29) is 154 Å². The van der Waals surface area contributed by atoms with E-state index in [1.165, 1.54) is 25.0 Å². The third-order valence-electron chi connectivity index (χ3n) is 4.88. The van der Waals surface area contributed by atoms with Gasteiger partial charge in [-0.05, 0) is 38.5 Å². The van der Waals surface area contributed by atoms with Gasteiger partial charge in [0.2, 0.25) is 11.8 Å². The minimum absolute atomic E-state index is 0. The molecule has 6 nitrogen and oxygen atoms in total. The fourth-order valence-electron chi connectivity index (χ4n) is 3.79. The summed E-state index contributed by atoms with van der Waals surface area (Å²) in [5.74, 6) is 0.365. The number of allylic oxidation sites excluding steroid dienone is 1. The molecule has 0 spiro atoms. The van der Waals surface area contributed by atoms with Crippen LogP contribution in [0.15, 0.2) is 23.3 Å². The van der Waals surface area contributed by atoms with Crippen LogP contribution in [0.1, 0.15) is 54.4 Å². The Bertz CT molecular complexity index is 537. The smallest absolute Gasteiger partial charge is 0.217 e. The average molecular weight is 1320 g/mol. The van der Waals surface area contributed by atoms with E-state index in [2.05, 4.69) is 16.7 Å². The first-order chi connectivity index (χ1) is 12.0. The third kappa shape index (κ3) is 14.7. The summed E-state index contributed by atoms with van der Waals surface area (Å²) >= 11 is 0. The molecule has 4 unspecified atom stereocenters. The maximum Gasteiger partial charge on any atom is 0.217 e. The van der Waals surface area contributed by atoms with Gasteiger partial charge in [0.1, 0.15) is 0 Å². The van der Waals surface area contributed by atoms with Crippen LogP contribution in [-0.2, 0) is 9.59 Å². The van der Waals surface area contributed by atoms with Crippen LogP contribution in [0.4, 0.5) is 0 Å². The molecule has 4 N–H and O–H groups in total. The Labute approximate surface area is 276 Å². The first-order valence-corrected chi connectivity index (χ1v) is 9.26. The number of carbonyl (C=O) groups excluding carboxylic acids is 2. The third-order valence-corrected chi connectivity index (χ3v) is 4.88. The Kier molecular flexibility index (Phi) is 26.2. The summed E-state index contributed by atoms with van der Waals surface area (Å²) in [6, 6.07) is -0.248. The first-order valence-electron chi connectivity index (χ1n) is 9.26. The molecule has 164 valence electrons. The van der Waals surface area contributed by atoms with E-state index in [1.807, 2.05) is 33.8 Å². The Morgan fingerprint density at radius 2 is 1.27 bits per heavy atom. The second-order valence-corrected chi connectivity index (χ2v) is 7.78. The largest absolute Gasteiger partial charge is 0.391 e. The van der Waals surface area contributed by atoms with Crippen molar-refractivity contribution in [3.63, 3.8) is 0 Å². The van der Waals surface area contributed by atoms with E-state index < -0.39 is 12.2 Å². The van der Waals surface area contributed by atoms with Crippen LogP contribution in [0.5, 0.6) is 0 Å². The molecule has 0 radical (unpaired) electrons. The van der Waals surface area contributed by atoms with E-state index in [4.69, 9.17) is 0 Å². The van der Waals surface area contributed by atoms with Gasteiger partial charge in [0.05, 0.1) is 24.3 Å². The molecule has 0 aliphatic heterocycles. The van der Waals surface area contributed by atoms with Crippen molar-refractivity contribution in [2.24, 2.45) is 11.8 Å². The molecule has 0 aromatic heterocycles. The monoisotopic (exact) mass is 1320 g/mol. The van der Waals surface area contributed by atoms with Gasteiger partial charge in [-0.15, -0.1) is 0 Å². The fourth-order valence-corrected chi connectivity index (χ4v) is 3.79. The van der Waals surface area contributed by atoms with Crippen molar-refractivity contribution in [2.45, 2.75) is 78.7 Å². The van der Waals surface area contributed by atoms with Crippen molar-refractivity contribution in [1.29, 1.82) is 0 Å². The summed E-state index contributed by atoms with van der Waals surface area (Å²) in [4.78, 5) is 21.7. The summed E-state index contributed by atoms with van der Waals surface area (Å²) in [6.45, 7) is 11.0. The molecule has 10 heteroatoms. The molecular formula is C20H34N2O4U4. The minimum atomic E-state index is -0.535. The number of rotatable bonds is 2. The summed E-state index contributed by atoms with van der Waals surface area (Å²) in [5.41, 5.74) is 2.39. The Morgan fingerprint density at radius 1 is 0.833 bits per heavy atom. The summed E-state index contributed by atoms with van der Waals surface area (Å²) in [7, 11) is 0. The second-order valence-electron chi connectivity index (χ2n) is 7.78. The Morgan fingerprint density at radius 3 is 1.67 bits per heavy atom. The molecule has 6 atom stereocenters. The standard InChI is InChI=1S/2C10H17NO2.4U/c2*1-6-4-7(2)10(9(13)5-6)11-8(3)12;;;;/h5,7,9-10,13H,4H2,1-3H3,(H,11,12);4,7,9-10,13H,5H2,1-3H3,(H,11,12);;;;/t2*7-,9?,10?;;;;/m00..../s1. The fraction of sp³-hybridized carbons (Fsp3) is 0.700. The van der Waals surface area contributed by atoms with Crippen LogP contribution < -0.4 is 10.6 Å². The van der Waals surface area contributed by atoms with Crippen molar-refractivity contribution in [2.75, 3.05) is 0 Å². The SMILES string of the molecule is CC(=O)NC1C(O)C=C(C)C[C@@H]1C.CC(=O)NC1C(O)CC(C)=C[C@@H]1C.[U].[U].[U].[U]. The molecule has 0 saturated heterocycles. The predicted octanol–water partition coefficient (Wildman–Crippen LogP) is 1.68. The van der Waals surface area contributed by atoms with Gasteiger partial charge in [0, 0.05) is 138 Å². The van der Waals surface area contributed by atoms with E-state index >= 15 is 0 Å². The molecule has 0 fully saturated rings. The Balaban J connectivity index is -0.000000199. The molecule has 0 bridgehead atoms. The van der Waals surface area contributed by atoms with Crippen LogP contribution in [0.25, 0.3) is 0 Å². The molecule has 2 rings (SSSR count). The zero-order valence-corrected chi connectivity index (χ0v) is 35.4. The molecule has 0 saturated carbocycles. The molecule has 2 aliphatic carbocycles. The first kappa shape index (κ1) is 39.7. The van der Waals surface area contributed by atoms with Gasteiger partial charge in [-0.3, -0.25) is 9.59 Å². The second kappa shape index (κ2) is 19.8. The van der Waals surface area contributed by atoms with Crippen LogP contribution in [0, 0.1) is 136 Å². The van der Waals surface area contributed by atoms with Gasteiger partial charge in [-0.2, -0.15) is 0 Å². The van der Waals surface area contributed by atoms with Crippen molar-refractivity contribution >= 4 is 11.8 Å². The normalized spacial score (nSPS) is 29.3. The maximum absolute atomic E-state index is 10.8. The minimum Gasteiger partial charge on any atom is -0.391 e.